The van der Waals surface area contributed by atoms with Gasteiger partial charge in [-0.3, -0.25) is 14.7 Å². The first-order chi connectivity index (χ1) is 15.9. The van der Waals surface area contributed by atoms with Crippen LogP contribution in [0.25, 0.3) is 0 Å². The predicted octanol–water partition coefficient (Wildman–Crippen LogP) is 3.28. The largest absolute Gasteiger partial charge is 0.473 e. The zero-order chi connectivity index (χ0) is 23.6. The molecule has 2 fully saturated rings. The second-order valence-corrected chi connectivity index (χ2v) is 8.98. The fraction of sp³-hybridized carbons (Fsp3) is 0.440. The number of hydrogen-bond donors (Lipinski definition) is 2. The number of hydrogen-bond acceptors (Lipinski definition) is 5. The Hall–Kier alpha value is -2.45. The zero-order valence-electron chi connectivity index (χ0n) is 18.8. The lowest BCUT2D eigenvalue weighted by molar-refractivity contribution is -0.159. The van der Waals surface area contributed by atoms with Gasteiger partial charge in [-0.25, -0.2) is 9.59 Å². The van der Waals surface area contributed by atoms with Gasteiger partial charge in [-0.2, -0.15) is 0 Å². The molecule has 8 heteroatoms. The first kappa shape index (κ1) is 25.2. The predicted molar refractivity (Wildman–Crippen MR) is 128 cm³/mol. The molecule has 0 amide bonds. The summed E-state index contributed by atoms with van der Waals surface area (Å²) in [5.74, 6) is -3.65. The fourth-order valence-electron chi connectivity index (χ4n) is 4.42. The number of carboxylic acid groups (broad SMARTS) is 2. The fourth-order valence-corrected chi connectivity index (χ4v) is 4.54. The molecule has 7 nitrogen and oxygen atoms in total. The number of halogens is 1. The van der Waals surface area contributed by atoms with Crippen molar-refractivity contribution in [2.75, 3.05) is 39.3 Å². The van der Waals surface area contributed by atoms with E-state index in [9.17, 15) is 0 Å². The molecule has 0 aromatic heterocycles. The van der Waals surface area contributed by atoms with E-state index in [4.69, 9.17) is 31.4 Å². The minimum absolute atomic E-state index is 0.773. The average molecular weight is 474 g/mol. The summed E-state index contributed by atoms with van der Waals surface area (Å²) in [4.78, 5) is 26.1. The highest BCUT2D eigenvalue weighted by Crippen LogP contribution is 2.21. The third-order valence-electron chi connectivity index (χ3n) is 6.23. The van der Waals surface area contributed by atoms with E-state index < -0.39 is 11.9 Å². The monoisotopic (exact) mass is 473 g/mol. The van der Waals surface area contributed by atoms with E-state index in [1.54, 1.807) is 0 Å². The van der Waals surface area contributed by atoms with Crippen molar-refractivity contribution in [1.82, 2.24) is 14.7 Å². The third kappa shape index (κ3) is 8.44. The highest BCUT2D eigenvalue weighted by Gasteiger charge is 2.27. The molecule has 0 atom stereocenters. The lowest BCUT2D eigenvalue weighted by Crippen LogP contribution is -2.52. The van der Waals surface area contributed by atoms with Crippen molar-refractivity contribution >= 4 is 23.5 Å². The van der Waals surface area contributed by atoms with Gasteiger partial charge < -0.3 is 10.2 Å². The van der Waals surface area contributed by atoms with Gasteiger partial charge in [0.25, 0.3) is 0 Å². The number of carboxylic acids is 2. The molecule has 0 saturated carbocycles. The van der Waals surface area contributed by atoms with Crippen LogP contribution in [0.3, 0.4) is 0 Å². The van der Waals surface area contributed by atoms with Crippen LogP contribution in [0.4, 0.5) is 0 Å². The molecular formula is C25H32ClN3O4. The molecule has 0 bridgehead atoms. The van der Waals surface area contributed by atoms with Gasteiger partial charge in [0, 0.05) is 50.3 Å². The van der Waals surface area contributed by atoms with Crippen LogP contribution in [0.15, 0.2) is 54.6 Å². The minimum atomic E-state index is -1.82. The molecule has 33 heavy (non-hydrogen) atoms. The van der Waals surface area contributed by atoms with Crippen molar-refractivity contribution < 1.29 is 19.8 Å². The van der Waals surface area contributed by atoms with Gasteiger partial charge in [-0.15, -0.1) is 0 Å². The maximum Gasteiger partial charge on any atom is 0.414 e. The van der Waals surface area contributed by atoms with Gasteiger partial charge >= 0.3 is 11.9 Å². The summed E-state index contributed by atoms with van der Waals surface area (Å²) in [6, 6.07) is 19.9. The average Bonchev–Trinajstić information content (AvgIpc) is 2.83. The van der Waals surface area contributed by atoms with Crippen molar-refractivity contribution in [3.8, 4) is 0 Å². The molecule has 2 aliphatic heterocycles. The smallest absolute Gasteiger partial charge is 0.414 e. The molecule has 4 rings (SSSR count). The van der Waals surface area contributed by atoms with Crippen molar-refractivity contribution in [3.63, 3.8) is 0 Å². The Bertz CT molecular complexity index is 866. The van der Waals surface area contributed by atoms with Gasteiger partial charge in [-0.05, 0) is 49.2 Å². The summed E-state index contributed by atoms with van der Waals surface area (Å²) in [6.45, 7) is 9.35. The Kier molecular flexibility index (Phi) is 9.69. The lowest BCUT2D eigenvalue weighted by atomic mass is 10.0. The standard InChI is InChI=1S/C23H30ClN3.C2H2O4/c24-22-8-6-21(7-9-22)19-26-14-16-27(17-15-26)23-10-12-25(13-11-23)18-20-4-2-1-3-5-20;3-1(4)2(5)6/h1-9,23H,10-19H2;(H,3,4)(H,5,6). The number of nitrogens with zero attached hydrogens (tertiary/aromatic N) is 3. The maximum absolute atomic E-state index is 9.10. The third-order valence-corrected chi connectivity index (χ3v) is 6.48. The summed E-state index contributed by atoms with van der Waals surface area (Å²) in [5.41, 5.74) is 2.80. The van der Waals surface area contributed by atoms with E-state index in [-0.39, 0.29) is 0 Å². The quantitative estimate of drug-likeness (QED) is 0.644. The van der Waals surface area contributed by atoms with Crippen molar-refractivity contribution in [2.45, 2.75) is 32.0 Å². The van der Waals surface area contributed by atoms with Crippen molar-refractivity contribution in [1.29, 1.82) is 0 Å². The molecule has 0 aliphatic carbocycles. The van der Waals surface area contributed by atoms with E-state index >= 15 is 0 Å². The molecule has 0 unspecified atom stereocenters. The number of carbonyl (C=O) groups is 2. The first-order valence-electron chi connectivity index (χ1n) is 11.3. The van der Waals surface area contributed by atoms with E-state index in [0.717, 1.165) is 24.2 Å². The van der Waals surface area contributed by atoms with Crippen LogP contribution < -0.4 is 0 Å². The Morgan fingerprint density at radius 2 is 1.21 bits per heavy atom. The van der Waals surface area contributed by atoms with Crippen molar-refractivity contribution in [3.05, 3.63) is 70.7 Å². The molecule has 0 radical (unpaired) electrons. The molecule has 2 saturated heterocycles. The van der Waals surface area contributed by atoms with Gasteiger partial charge in [-0.1, -0.05) is 54.1 Å². The molecule has 2 N–H and O–H groups in total. The van der Waals surface area contributed by atoms with Gasteiger partial charge in [0.2, 0.25) is 0 Å². The molecule has 0 spiro atoms. The second-order valence-electron chi connectivity index (χ2n) is 8.54. The number of piperazine rings is 1. The number of piperidine rings is 1. The molecule has 2 aromatic carbocycles. The Morgan fingerprint density at radius 1 is 0.727 bits per heavy atom. The summed E-state index contributed by atoms with van der Waals surface area (Å²) < 4.78 is 0. The summed E-state index contributed by atoms with van der Waals surface area (Å²) >= 11 is 5.99. The van der Waals surface area contributed by atoms with Gasteiger partial charge in [0.1, 0.15) is 0 Å². The van der Waals surface area contributed by atoms with Crippen LogP contribution in [-0.2, 0) is 22.7 Å². The van der Waals surface area contributed by atoms with E-state index in [1.165, 1.54) is 63.2 Å². The Labute approximate surface area is 200 Å². The molecule has 178 valence electrons. The normalized spacial score (nSPS) is 18.3. The van der Waals surface area contributed by atoms with E-state index in [2.05, 4.69) is 57.2 Å². The topological polar surface area (TPSA) is 84.3 Å². The maximum atomic E-state index is 9.10. The second kappa shape index (κ2) is 12.7. The molecule has 2 heterocycles. The molecule has 2 aromatic rings. The Balaban J connectivity index is 0.000000454. The SMILES string of the molecule is Clc1ccc(CN2CCN(C3CCN(Cc4ccccc4)CC3)CC2)cc1.O=C(O)C(=O)O. The summed E-state index contributed by atoms with van der Waals surface area (Å²) in [5, 5.41) is 15.6. The number of likely N-dealkylation sites (tertiary alicyclic amines) is 1. The first-order valence-corrected chi connectivity index (χ1v) is 11.7. The van der Waals surface area contributed by atoms with Gasteiger partial charge in [0.05, 0.1) is 0 Å². The van der Waals surface area contributed by atoms with Crippen LogP contribution >= 0.6 is 11.6 Å². The molecular weight excluding hydrogens is 442 g/mol. The number of aliphatic carboxylic acids is 2. The highest BCUT2D eigenvalue weighted by molar-refractivity contribution is 6.30. The summed E-state index contributed by atoms with van der Waals surface area (Å²) in [7, 11) is 0. The summed E-state index contributed by atoms with van der Waals surface area (Å²) in [6.07, 6.45) is 2.62. The van der Waals surface area contributed by atoms with E-state index in [0.29, 0.717) is 0 Å². The number of benzene rings is 2. The highest BCUT2D eigenvalue weighted by atomic mass is 35.5. The van der Waals surface area contributed by atoms with Crippen LogP contribution in [0.1, 0.15) is 24.0 Å². The van der Waals surface area contributed by atoms with E-state index in [1.807, 2.05) is 12.1 Å². The zero-order valence-corrected chi connectivity index (χ0v) is 19.5. The van der Waals surface area contributed by atoms with Crippen LogP contribution in [0.5, 0.6) is 0 Å². The minimum Gasteiger partial charge on any atom is -0.473 e. The van der Waals surface area contributed by atoms with Crippen LogP contribution in [0, 0.1) is 0 Å². The lowest BCUT2D eigenvalue weighted by Gasteiger charge is -2.42. The van der Waals surface area contributed by atoms with Gasteiger partial charge in [0.15, 0.2) is 0 Å². The molecule has 2 aliphatic rings. The Morgan fingerprint density at radius 3 is 1.73 bits per heavy atom. The number of rotatable bonds is 5. The van der Waals surface area contributed by atoms with Crippen LogP contribution in [0.2, 0.25) is 5.02 Å². The van der Waals surface area contributed by atoms with Crippen LogP contribution in [-0.4, -0.2) is 82.2 Å². The van der Waals surface area contributed by atoms with Crippen molar-refractivity contribution in [2.24, 2.45) is 0 Å².